The van der Waals surface area contributed by atoms with Gasteiger partial charge in [0.15, 0.2) is 0 Å². The van der Waals surface area contributed by atoms with Crippen LogP contribution in [0.5, 0.6) is 0 Å². The van der Waals surface area contributed by atoms with Crippen LogP contribution in [0.1, 0.15) is 29.4 Å². The number of nitrogens with one attached hydrogen (secondary N) is 1. The zero-order valence-electron chi connectivity index (χ0n) is 16.9. The van der Waals surface area contributed by atoms with Crippen molar-refractivity contribution in [1.29, 1.82) is 0 Å². The lowest BCUT2D eigenvalue weighted by molar-refractivity contribution is -0.116. The number of halogens is 1. The van der Waals surface area contributed by atoms with Crippen LogP contribution in [-0.2, 0) is 17.8 Å². The Morgan fingerprint density at radius 3 is 2.61 bits per heavy atom. The molecule has 0 spiro atoms. The molecule has 0 fully saturated rings. The fourth-order valence-corrected chi connectivity index (χ4v) is 3.81. The molecule has 1 aliphatic rings. The summed E-state index contributed by atoms with van der Waals surface area (Å²) in [5, 5.41) is 7.55. The topological polar surface area (TPSA) is 84.3 Å². The molecule has 3 aromatic rings. The zero-order valence-corrected chi connectivity index (χ0v) is 17.7. The maximum absolute atomic E-state index is 13.1. The van der Waals surface area contributed by atoms with E-state index in [1.807, 2.05) is 31.2 Å². The van der Waals surface area contributed by atoms with Crippen LogP contribution in [0.2, 0.25) is 5.02 Å². The van der Waals surface area contributed by atoms with Gasteiger partial charge in [-0.1, -0.05) is 29.8 Å². The summed E-state index contributed by atoms with van der Waals surface area (Å²) in [5.41, 5.74) is 2.38. The van der Waals surface area contributed by atoms with Gasteiger partial charge in [-0.2, -0.15) is 5.10 Å². The van der Waals surface area contributed by atoms with Crippen molar-refractivity contribution in [2.24, 2.45) is 0 Å². The summed E-state index contributed by atoms with van der Waals surface area (Å²) >= 11 is 5.84. The van der Waals surface area contributed by atoms with Crippen LogP contribution >= 0.6 is 11.6 Å². The third-order valence-electron chi connectivity index (χ3n) is 5.19. The first-order valence-corrected chi connectivity index (χ1v) is 10.4. The summed E-state index contributed by atoms with van der Waals surface area (Å²) in [6.45, 7) is 2.04. The van der Waals surface area contributed by atoms with Crippen molar-refractivity contribution in [3.05, 3.63) is 87.3 Å². The van der Waals surface area contributed by atoms with Crippen LogP contribution in [0.4, 0.5) is 11.4 Å². The Hall–Kier alpha value is -3.45. The van der Waals surface area contributed by atoms with Gasteiger partial charge in [0.1, 0.15) is 5.69 Å². The molecule has 0 saturated heterocycles. The molecule has 1 atom stereocenters. The van der Waals surface area contributed by atoms with Crippen LogP contribution in [-0.4, -0.2) is 27.6 Å². The van der Waals surface area contributed by atoms with Crippen LogP contribution < -0.4 is 15.8 Å². The molecule has 8 heteroatoms. The lowest BCUT2D eigenvalue weighted by atomic mass is 10.1. The predicted octanol–water partition coefficient (Wildman–Crippen LogP) is 3.52. The van der Waals surface area contributed by atoms with Gasteiger partial charge in [-0.05, 0) is 55.3 Å². The summed E-state index contributed by atoms with van der Waals surface area (Å²) in [7, 11) is 0. The van der Waals surface area contributed by atoms with E-state index in [1.165, 1.54) is 12.1 Å². The summed E-state index contributed by atoms with van der Waals surface area (Å²) in [6, 6.07) is 17.2. The second-order valence-corrected chi connectivity index (χ2v) is 7.88. The van der Waals surface area contributed by atoms with E-state index in [0.717, 1.165) is 22.4 Å². The maximum atomic E-state index is 13.1. The Morgan fingerprint density at radius 1 is 1.10 bits per heavy atom. The van der Waals surface area contributed by atoms with Crippen LogP contribution in [0.15, 0.2) is 65.5 Å². The fourth-order valence-electron chi connectivity index (χ4n) is 3.69. The average molecular weight is 437 g/mol. The molecule has 0 saturated carbocycles. The van der Waals surface area contributed by atoms with Crippen LogP contribution in [0, 0.1) is 0 Å². The van der Waals surface area contributed by atoms with Crippen molar-refractivity contribution in [2.75, 3.05) is 10.2 Å². The van der Waals surface area contributed by atoms with Crippen LogP contribution in [0.25, 0.3) is 0 Å². The third kappa shape index (κ3) is 4.51. The Morgan fingerprint density at radius 2 is 1.84 bits per heavy atom. The van der Waals surface area contributed by atoms with Crippen molar-refractivity contribution in [2.45, 2.75) is 32.4 Å². The van der Waals surface area contributed by atoms with E-state index in [4.69, 9.17) is 11.6 Å². The van der Waals surface area contributed by atoms with Gasteiger partial charge < -0.3 is 10.2 Å². The van der Waals surface area contributed by atoms with E-state index in [9.17, 15) is 14.4 Å². The molecule has 0 bridgehead atoms. The van der Waals surface area contributed by atoms with Gasteiger partial charge in [-0.15, -0.1) is 0 Å². The second-order valence-electron chi connectivity index (χ2n) is 7.44. The van der Waals surface area contributed by atoms with Crippen molar-refractivity contribution in [3.63, 3.8) is 0 Å². The van der Waals surface area contributed by atoms with Crippen molar-refractivity contribution < 1.29 is 9.59 Å². The standard InChI is InChI=1S/C23H21ClN4O3/c1-15-14-16-4-2-3-5-20(16)28(15)23(31)19-10-11-22(30)27(26-19)13-12-21(29)25-18-8-6-17(24)7-9-18/h2-11,15H,12-14H2,1H3,(H,25,29). The van der Waals surface area contributed by atoms with E-state index >= 15 is 0 Å². The molecule has 4 rings (SSSR count). The molecule has 2 aromatic carbocycles. The molecule has 2 heterocycles. The molecule has 7 nitrogen and oxygen atoms in total. The highest BCUT2D eigenvalue weighted by Gasteiger charge is 2.32. The quantitative estimate of drug-likeness (QED) is 0.663. The van der Waals surface area contributed by atoms with E-state index in [-0.39, 0.29) is 42.1 Å². The van der Waals surface area contributed by atoms with E-state index < -0.39 is 0 Å². The lowest BCUT2D eigenvalue weighted by Crippen LogP contribution is -2.37. The van der Waals surface area contributed by atoms with Crippen molar-refractivity contribution in [1.82, 2.24) is 9.78 Å². The summed E-state index contributed by atoms with van der Waals surface area (Å²) in [6.07, 6.45) is 0.808. The van der Waals surface area contributed by atoms with Gasteiger partial charge in [0, 0.05) is 34.9 Å². The summed E-state index contributed by atoms with van der Waals surface area (Å²) < 4.78 is 1.15. The first-order valence-electron chi connectivity index (χ1n) is 9.97. The second kappa shape index (κ2) is 8.73. The van der Waals surface area contributed by atoms with E-state index in [2.05, 4.69) is 10.4 Å². The van der Waals surface area contributed by atoms with Crippen molar-refractivity contribution in [3.8, 4) is 0 Å². The smallest absolute Gasteiger partial charge is 0.278 e. The number of amides is 2. The number of aromatic nitrogens is 2. The van der Waals surface area contributed by atoms with Crippen molar-refractivity contribution >= 4 is 34.8 Å². The molecule has 1 unspecified atom stereocenters. The van der Waals surface area contributed by atoms with Gasteiger partial charge >= 0.3 is 0 Å². The molecular formula is C23H21ClN4O3. The molecule has 0 radical (unpaired) electrons. The van der Waals surface area contributed by atoms with Gasteiger partial charge in [0.05, 0.1) is 6.54 Å². The van der Waals surface area contributed by atoms with E-state index in [0.29, 0.717) is 10.7 Å². The molecule has 0 aliphatic carbocycles. The zero-order chi connectivity index (χ0) is 22.0. The molecule has 31 heavy (non-hydrogen) atoms. The predicted molar refractivity (Wildman–Crippen MR) is 120 cm³/mol. The first-order chi connectivity index (χ1) is 14.9. The highest BCUT2D eigenvalue weighted by Crippen LogP contribution is 2.32. The molecule has 1 aromatic heterocycles. The van der Waals surface area contributed by atoms with Gasteiger partial charge in [0.2, 0.25) is 5.91 Å². The number of fused-ring (bicyclic) bond motifs is 1. The number of aryl methyl sites for hydroxylation is 1. The maximum Gasteiger partial charge on any atom is 0.278 e. The SMILES string of the molecule is CC1Cc2ccccc2N1C(=O)c1ccc(=O)n(CCC(=O)Nc2ccc(Cl)cc2)n1. The number of para-hydroxylation sites is 1. The highest BCUT2D eigenvalue weighted by molar-refractivity contribution is 6.30. The molecule has 1 aliphatic heterocycles. The Labute approximate surface area is 184 Å². The molecule has 2 amide bonds. The molecule has 158 valence electrons. The Kier molecular flexibility index (Phi) is 5.86. The third-order valence-corrected chi connectivity index (χ3v) is 5.44. The number of hydrogen-bond acceptors (Lipinski definition) is 4. The summed E-state index contributed by atoms with van der Waals surface area (Å²) in [5.74, 6) is -0.535. The Bertz CT molecular complexity index is 1190. The van der Waals surface area contributed by atoms with E-state index in [1.54, 1.807) is 29.2 Å². The van der Waals surface area contributed by atoms with Gasteiger partial charge in [-0.25, -0.2) is 4.68 Å². The highest BCUT2D eigenvalue weighted by atomic mass is 35.5. The number of hydrogen-bond donors (Lipinski definition) is 1. The fraction of sp³-hybridized carbons (Fsp3) is 0.217. The monoisotopic (exact) mass is 436 g/mol. The minimum Gasteiger partial charge on any atom is -0.326 e. The number of anilines is 2. The Balaban J connectivity index is 1.47. The number of nitrogens with zero attached hydrogens (tertiary/aromatic N) is 3. The normalized spacial score (nSPS) is 14.9. The number of carbonyl (C=O) groups excluding carboxylic acids is 2. The molecule has 1 N–H and O–H groups in total. The number of rotatable bonds is 5. The largest absolute Gasteiger partial charge is 0.326 e. The minimum absolute atomic E-state index is 0.00256. The number of carbonyl (C=O) groups is 2. The molecular weight excluding hydrogens is 416 g/mol. The van der Waals surface area contributed by atoms with Gasteiger partial charge in [-0.3, -0.25) is 14.4 Å². The number of benzene rings is 2. The minimum atomic E-state index is -0.370. The van der Waals surface area contributed by atoms with Crippen LogP contribution in [0.3, 0.4) is 0 Å². The summed E-state index contributed by atoms with van der Waals surface area (Å²) in [4.78, 5) is 39.3. The lowest BCUT2D eigenvalue weighted by Gasteiger charge is -2.22. The van der Waals surface area contributed by atoms with Gasteiger partial charge in [0.25, 0.3) is 11.5 Å². The first kappa shape index (κ1) is 20.8. The average Bonchev–Trinajstić information content (AvgIpc) is 3.10.